The fourth-order valence-corrected chi connectivity index (χ4v) is 3.73. The van der Waals surface area contributed by atoms with Gasteiger partial charge in [-0.1, -0.05) is 12.1 Å². The molecule has 1 atom stereocenters. The van der Waals surface area contributed by atoms with Gasteiger partial charge in [0, 0.05) is 25.2 Å². The maximum absolute atomic E-state index is 12.5. The number of amides is 1. The van der Waals surface area contributed by atoms with Crippen LogP contribution in [-0.2, 0) is 12.8 Å². The highest BCUT2D eigenvalue weighted by Crippen LogP contribution is 2.36. The fraction of sp³-hybridized carbons (Fsp3) is 0.450. The molecule has 6 nitrogen and oxygen atoms in total. The lowest BCUT2D eigenvalue weighted by Gasteiger charge is -2.26. The largest absolute Gasteiger partial charge is 0.493 e. The van der Waals surface area contributed by atoms with Crippen LogP contribution in [0, 0.1) is 5.92 Å². The number of aromatic nitrogens is 2. The summed E-state index contributed by atoms with van der Waals surface area (Å²) in [6.07, 6.45) is 7.11. The molecule has 6 heteroatoms. The van der Waals surface area contributed by atoms with Crippen molar-refractivity contribution in [1.29, 1.82) is 0 Å². The molecule has 1 saturated heterocycles. The monoisotopic (exact) mass is 353 g/mol. The number of benzene rings is 1. The predicted octanol–water partition coefficient (Wildman–Crippen LogP) is 2.52. The van der Waals surface area contributed by atoms with Crippen LogP contribution in [0.1, 0.15) is 34.6 Å². The zero-order chi connectivity index (χ0) is 17.9. The van der Waals surface area contributed by atoms with Crippen LogP contribution in [0.2, 0.25) is 0 Å². The van der Waals surface area contributed by atoms with Crippen LogP contribution in [0.5, 0.6) is 11.5 Å². The Morgan fingerprint density at radius 1 is 1.31 bits per heavy atom. The van der Waals surface area contributed by atoms with Crippen molar-refractivity contribution in [2.45, 2.75) is 25.7 Å². The topological polar surface area (TPSA) is 64.6 Å². The summed E-state index contributed by atoms with van der Waals surface area (Å²) in [6.45, 7) is 2.25. The van der Waals surface area contributed by atoms with E-state index in [0.717, 1.165) is 61.5 Å². The third-order valence-corrected chi connectivity index (χ3v) is 5.05. The molecule has 1 fully saturated rings. The Labute approximate surface area is 153 Å². The minimum absolute atomic E-state index is 0.00757. The van der Waals surface area contributed by atoms with Crippen LogP contribution in [0.4, 0.5) is 0 Å². The summed E-state index contributed by atoms with van der Waals surface area (Å²) < 4.78 is 11.3. The number of likely N-dealkylation sites (tertiary alicyclic amines) is 1. The van der Waals surface area contributed by atoms with Crippen molar-refractivity contribution in [2.75, 3.05) is 26.8 Å². The first-order valence-electron chi connectivity index (χ1n) is 9.13. The Morgan fingerprint density at radius 2 is 2.15 bits per heavy atom. The SMILES string of the molecule is COc1cccc2c1OC[C@@H](Cc1cncc(C(=O)N3CCCC3)n1)C2. The van der Waals surface area contributed by atoms with Gasteiger partial charge in [-0.2, -0.15) is 0 Å². The molecule has 0 saturated carbocycles. The van der Waals surface area contributed by atoms with Gasteiger partial charge in [-0.05, 0) is 37.3 Å². The van der Waals surface area contributed by atoms with Gasteiger partial charge in [0.05, 0.1) is 25.6 Å². The number of ether oxygens (including phenoxy) is 2. The van der Waals surface area contributed by atoms with Crippen LogP contribution < -0.4 is 9.47 Å². The summed E-state index contributed by atoms with van der Waals surface area (Å²) >= 11 is 0. The molecule has 2 aliphatic rings. The smallest absolute Gasteiger partial charge is 0.274 e. The summed E-state index contributed by atoms with van der Waals surface area (Å²) in [7, 11) is 1.66. The van der Waals surface area contributed by atoms with Crippen molar-refractivity contribution in [3.05, 3.63) is 47.5 Å². The average molecular weight is 353 g/mol. The van der Waals surface area contributed by atoms with E-state index in [2.05, 4.69) is 16.0 Å². The zero-order valence-electron chi connectivity index (χ0n) is 15.0. The number of fused-ring (bicyclic) bond motifs is 1. The van der Waals surface area contributed by atoms with Gasteiger partial charge in [0.1, 0.15) is 5.69 Å². The van der Waals surface area contributed by atoms with Gasteiger partial charge in [-0.25, -0.2) is 4.98 Å². The molecule has 1 amide bonds. The first-order valence-corrected chi connectivity index (χ1v) is 9.13. The first-order chi connectivity index (χ1) is 12.7. The molecule has 4 rings (SSSR count). The summed E-state index contributed by atoms with van der Waals surface area (Å²) in [5, 5.41) is 0. The molecular weight excluding hydrogens is 330 g/mol. The molecule has 2 aliphatic heterocycles. The average Bonchev–Trinajstić information content (AvgIpc) is 3.21. The van der Waals surface area contributed by atoms with Crippen molar-refractivity contribution >= 4 is 5.91 Å². The molecule has 0 radical (unpaired) electrons. The number of para-hydroxylation sites is 1. The van der Waals surface area contributed by atoms with Crippen molar-refractivity contribution in [3.8, 4) is 11.5 Å². The van der Waals surface area contributed by atoms with E-state index in [9.17, 15) is 4.79 Å². The highest BCUT2D eigenvalue weighted by molar-refractivity contribution is 5.92. The Hall–Kier alpha value is -2.63. The third-order valence-electron chi connectivity index (χ3n) is 5.05. The number of carbonyl (C=O) groups is 1. The second-order valence-corrected chi connectivity index (χ2v) is 6.93. The number of carbonyl (C=O) groups excluding carboxylic acids is 1. The Kier molecular flexibility index (Phi) is 4.73. The highest BCUT2D eigenvalue weighted by atomic mass is 16.5. The van der Waals surface area contributed by atoms with Crippen LogP contribution >= 0.6 is 0 Å². The summed E-state index contributed by atoms with van der Waals surface area (Å²) in [5.74, 6) is 1.92. The van der Waals surface area contributed by atoms with Gasteiger partial charge >= 0.3 is 0 Å². The van der Waals surface area contributed by atoms with E-state index in [1.54, 1.807) is 19.5 Å². The Bertz CT molecular complexity index is 803. The van der Waals surface area contributed by atoms with Gasteiger partial charge < -0.3 is 14.4 Å². The number of hydrogen-bond acceptors (Lipinski definition) is 5. The second kappa shape index (κ2) is 7.32. The van der Waals surface area contributed by atoms with Gasteiger partial charge in [-0.3, -0.25) is 9.78 Å². The Balaban J connectivity index is 1.46. The quantitative estimate of drug-likeness (QED) is 0.845. The normalized spacial score (nSPS) is 19.0. The number of nitrogens with zero attached hydrogens (tertiary/aromatic N) is 3. The minimum atomic E-state index is -0.00757. The maximum atomic E-state index is 12.5. The standard InChI is InChI=1S/C20H23N3O3/c1-25-18-6-4-5-15-9-14(13-26-19(15)18)10-16-11-21-12-17(22-16)20(24)23-7-2-3-8-23/h4-6,11-12,14H,2-3,7-10,13H2,1H3/t14-/m1/s1. The minimum Gasteiger partial charge on any atom is -0.493 e. The summed E-state index contributed by atoms with van der Waals surface area (Å²) in [6, 6.07) is 5.97. The van der Waals surface area contributed by atoms with Crippen molar-refractivity contribution in [1.82, 2.24) is 14.9 Å². The molecular formula is C20H23N3O3. The molecule has 1 aromatic carbocycles. The van der Waals surface area contributed by atoms with Gasteiger partial charge in [0.25, 0.3) is 5.91 Å². The van der Waals surface area contributed by atoms with Crippen molar-refractivity contribution < 1.29 is 14.3 Å². The third kappa shape index (κ3) is 3.36. The van der Waals surface area contributed by atoms with Gasteiger partial charge in [-0.15, -0.1) is 0 Å². The molecule has 2 aromatic rings. The molecule has 3 heterocycles. The number of rotatable bonds is 4. The van der Waals surface area contributed by atoms with Crippen LogP contribution in [0.25, 0.3) is 0 Å². The lowest BCUT2D eigenvalue weighted by molar-refractivity contribution is 0.0786. The predicted molar refractivity (Wildman–Crippen MR) is 96.6 cm³/mol. The molecule has 0 N–H and O–H groups in total. The van der Waals surface area contributed by atoms with E-state index in [4.69, 9.17) is 9.47 Å². The van der Waals surface area contributed by atoms with E-state index < -0.39 is 0 Å². The van der Waals surface area contributed by atoms with Crippen LogP contribution in [0.15, 0.2) is 30.6 Å². The van der Waals surface area contributed by atoms with Crippen molar-refractivity contribution in [3.63, 3.8) is 0 Å². The summed E-state index contributed by atoms with van der Waals surface area (Å²) in [5.41, 5.74) is 2.44. The van der Waals surface area contributed by atoms with E-state index in [-0.39, 0.29) is 5.91 Å². The van der Waals surface area contributed by atoms with Gasteiger partial charge in [0.15, 0.2) is 11.5 Å². The van der Waals surface area contributed by atoms with Crippen LogP contribution in [0.3, 0.4) is 0 Å². The van der Waals surface area contributed by atoms with Crippen LogP contribution in [-0.4, -0.2) is 47.6 Å². The van der Waals surface area contributed by atoms with Crippen molar-refractivity contribution in [2.24, 2.45) is 5.92 Å². The highest BCUT2D eigenvalue weighted by Gasteiger charge is 2.25. The molecule has 0 spiro atoms. The van der Waals surface area contributed by atoms with E-state index in [1.165, 1.54) is 0 Å². The lowest BCUT2D eigenvalue weighted by Crippen LogP contribution is -2.29. The van der Waals surface area contributed by atoms with E-state index >= 15 is 0 Å². The molecule has 1 aromatic heterocycles. The molecule has 136 valence electrons. The van der Waals surface area contributed by atoms with Gasteiger partial charge in [0.2, 0.25) is 0 Å². The molecule has 26 heavy (non-hydrogen) atoms. The first kappa shape index (κ1) is 16.8. The number of methoxy groups -OCH3 is 1. The molecule has 0 aliphatic carbocycles. The lowest BCUT2D eigenvalue weighted by atomic mass is 9.92. The molecule has 0 bridgehead atoms. The summed E-state index contributed by atoms with van der Waals surface area (Å²) in [4.78, 5) is 23.2. The number of hydrogen-bond donors (Lipinski definition) is 0. The maximum Gasteiger partial charge on any atom is 0.274 e. The molecule has 0 unspecified atom stereocenters. The second-order valence-electron chi connectivity index (χ2n) is 6.93. The van der Waals surface area contributed by atoms with E-state index in [1.807, 2.05) is 17.0 Å². The Morgan fingerprint density at radius 3 is 2.96 bits per heavy atom. The fourth-order valence-electron chi connectivity index (χ4n) is 3.73. The zero-order valence-corrected chi connectivity index (χ0v) is 15.0. The van der Waals surface area contributed by atoms with E-state index in [0.29, 0.717) is 18.2 Å².